The highest BCUT2D eigenvalue weighted by Gasteiger charge is 2.34. The van der Waals surface area contributed by atoms with E-state index >= 15 is 0 Å². The van der Waals surface area contributed by atoms with Crippen LogP contribution in [0.3, 0.4) is 0 Å². The molecule has 1 aliphatic rings. The van der Waals surface area contributed by atoms with Crippen molar-refractivity contribution in [3.8, 4) is 5.75 Å². The quantitative estimate of drug-likeness (QED) is 0.771. The lowest BCUT2D eigenvalue weighted by Gasteiger charge is -2.28. The van der Waals surface area contributed by atoms with E-state index in [-0.39, 0.29) is 12.5 Å². The minimum absolute atomic E-state index is 0.104. The number of carbonyl (C=O) groups is 1. The monoisotopic (exact) mass is 210 g/mol. The summed E-state index contributed by atoms with van der Waals surface area (Å²) in [5, 5.41) is 8.92. The van der Waals surface area contributed by atoms with Crippen LogP contribution in [0.25, 0.3) is 0 Å². The highest BCUT2D eigenvalue weighted by Crippen LogP contribution is 2.38. The molecule has 80 valence electrons. The van der Waals surface area contributed by atoms with Gasteiger partial charge in [0.1, 0.15) is 18.2 Å². The summed E-state index contributed by atoms with van der Waals surface area (Å²) in [4.78, 5) is 10.9. The molecule has 2 rings (SSSR count). The average Bonchev–Trinajstić information content (AvgIpc) is 2.17. The van der Waals surface area contributed by atoms with Crippen LogP contribution in [-0.4, -0.2) is 17.7 Å². The molecule has 0 bridgehead atoms. The van der Waals surface area contributed by atoms with E-state index in [9.17, 15) is 9.18 Å². The van der Waals surface area contributed by atoms with Crippen molar-refractivity contribution in [2.24, 2.45) is 5.92 Å². The molecule has 0 aromatic heterocycles. The number of fused-ring (bicyclic) bond motifs is 1. The zero-order chi connectivity index (χ0) is 11.0. The minimum Gasteiger partial charge on any atom is -0.492 e. The Morgan fingerprint density at radius 3 is 3.00 bits per heavy atom. The number of halogens is 1. The molecule has 2 unspecified atom stereocenters. The van der Waals surface area contributed by atoms with Crippen molar-refractivity contribution >= 4 is 5.97 Å². The van der Waals surface area contributed by atoms with E-state index in [2.05, 4.69) is 0 Å². The number of aliphatic carboxylic acids is 1. The van der Waals surface area contributed by atoms with Crippen LogP contribution in [0.5, 0.6) is 5.75 Å². The SMILES string of the molecule is CC1c2c(F)cccc2OCC1C(=O)O. The second kappa shape index (κ2) is 3.53. The van der Waals surface area contributed by atoms with Crippen LogP contribution in [0.2, 0.25) is 0 Å². The van der Waals surface area contributed by atoms with E-state index < -0.39 is 17.7 Å². The zero-order valence-corrected chi connectivity index (χ0v) is 8.24. The van der Waals surface area contributed by atoms with Gasteiger partial charge in [-0.2, -0.15) is 0 Å². The molecular weight excluding hydrogens is 199 g/mol. The Morgan fingerprint density at radius 1 is 1.60 bits per heavy atom. The van der Waals surface area contributed by atoms with Crippen molar-refractivity contribution in [3.05, 3.63) is 29.6 Å². The standard InChI is InChI=1S/C11H11FO3/c1-6-7(11(13)14)5-15-9-4-2-3-8(12)10(6)9/h2-4,6-7H,5H2,1H3,(H,13,14). The highest BCUT2D eigenvalue weighted by atomic mass is 19.1. The minimum atomic E-state index is -0.948. The van der Waals surface area contributed by atoms with Crippen LogP contribution >= 0.6 is 0 Å². The van der Waals surface area contributed by atoms with Crippen LogP contribution < -0.4 is 4.74 Å². The van der Waals surface area contributed by atoms with Crippen LogP contribution in [0.4, 0.5) is 4.39 Å². The number of ether oxygens (including phenoxy) is 1. The number of hydrogen-bond acceptors (Lipinski definition) is 2. The molecule has 0 saturated carbocycles. The van der Waals surface area contributed by atoms with Gasteiger partial charge < -0.3 is 9.84 Å². The van der Waals surface area contributed by atoms with Gasteiger partial charge in [-0.1, -0.05) is 13.0 Å². The van der Waals surface area contributed by atoms with Crippen molar-refractivity contribution in [2.75, 3.05) is 6.61 Å². The van der Waals surface area contributed by atoms with Crippen LogP contribution in [0, 0.1) is 11.7 Å². The molecule has 1 aliphatic heterocycles. The number of rotatable bonds is 1. The molecule has 0 radical (unpaired) electrons. The van der Waals surface area contributed by atoms with Gasteiger partial charge in [0.25, 0.3) is 0 Å². The van der Waals surface area contributed by atoms with Crippen LogP contribution in [-0.2, 0) is 4.79 Å². The van der Waals surface area contributed by atoms with Gasteiger partial charge in [0.05, 0.1) is 5.92 Å². The van der Waals surface area contributed by atoms with Crippen molar-refractivity contribution < 1.29 is 19.0 Å². The number of hydrogen-bond donors (Lipinski definition) is 1. The Hall–Kier alpha value is -1.58. The maximum Gasteiger partial charge on any atom is 0.310 e. The Balaban J connectivity index is 2.45. The van der Waals surface area contributed by atoms with Gasteiger partial charge in [0, 0.05) is 11.5 Å². The third kappa shape index (κ3) is 1.56. The normalized spacial score (nSPS) is 24.1. The second-order valence-electron chi connectivity index (χ2n) is 3.70. The molecule has 4 heteroatoms. The molecule has 0 fully saturated rings. The van der Waals surface area contributed by atoms with Gasteiger partial charge in [-0.3, -0.25) is 4.79 Å². The van der Waals surface area contributed by atoms with Crippen molar-refractivity contribution in [3.63, 3.8) is 0 Å². The summed E-state index contributed by atoms with van der Waals surface area (Å²) in [5.41, 5.74) is 0.371. The molecule has 2 atom stereocenters. The molecule has 0 saturated heterocycles. The van der Waals surface area contributed by atoms with E-state index in [1.165, 1.54) is 6.07 Å². The lowest BCUT2D eigenvalue weighted by molar-refractivity contribution is -0.144. The Kier molecular flexibility index (Phi) is 2.34. The average molecular weight is 210 g/mol. The third-order valence-corrected chi connectivity index (χ3v) is 2.81. The second-order valence-corrected chi connectivity index (χ2v) is 3.70. The fourth-order valence-electron chi connectivity index (χ4n) is 1.90. The van der Waals surface area contributed by atoms with E-state index in [1.807, 2.05) is 0 Å². The van der Waals surface area contributed by atoms with E-state index in [0.29, 0.717) is 11.3 Å². The summed E-state index contributed by atoms with van der Waals surface area (Å²) in [6.45, 7) is 1.82. The van der Waals surface area contributed by atoms with Gasteiger partial charge in [0.15, 0.2) is 0 Å². The predicted octanol–water partition coefficient (Wildman–Crippen LogP) is 2.02. The van der Waals surface area contributed by atoms with Gasteiger partial charge >= 0.3 is 5.97 Å². The first-order valence-corrected chi connectivity index (χ1v) is 4.75. The van der Waals surface area contributed by atoms with Gasteiger partial charge in [-0.15, -0.1) is 0 Å². The lowest BCUT2D eigenvalue weighted by atomic mass is 9.85. The third-order valence-electron chi connectivity index (χ3n) is 2.81. The molecule has 0 amide bonds. The van der Waals surface area contributed by atoms with Gasteiger partial charge in [-0.05, 0) is 12.1 Å². The van der Waals surface area contributed by atoms with Crippen molar-refractivity contribution in [1.29, 1.82) is 0 Å². The summed E-state index contributed by atoms with van der Waals surface area (Å²) in [7, 11) is 0. The molecule has 1 aromatic carbocycles. The fraction of sp³-hybridized carbons (Fsp3) is 0.364. The van der Waals surface area contributed by atoms with E-state index in [1.54, 1.807) is 19.1 Å². The highest BCUT2D eigenvalue weighted by molar-refractivity contribution is 5.72. The summed E-state index contributed by atoms with van der Waals surface area (Å²) >= 11 is 0. The molecule has 0 spiro atoms. The van der Waals surface area contributed by atoms with E-state index in [4.69, 9.17) is 9.84 Å². The molecule has 3 nitrogen and oxygen atoms in total. The summed E-state index contributed by atoms with van der Waals surface area (Å²) in [6.07, 6.45) is 0. The number of benzene rings is 1. The Bertz CT molecular complexity index is 403. The molecular formula is C11H11FO3. The van der Waals surface area contributed by atoms with E-state index in [0.717, 1.165) is 0 Å². The van der Waals surface area contributed by atoms with Crippen molar-refractivity contribution in [1.82, 2.24) is 0 Å². The zero-order valence-electron chi connectivity index (χ0n) is 8.24. The maximum atomic E-state index is 13.5. The number of carboxylic acids is 1. The van der Waals surface area contributed by atoms with Crippen LogP contribution in [0.1, 0.15) is 18.4 Å². The summed E-state index contributed by atoms with van der Waals surface area (Å²) in [6, 6.07) is 4.54. The van der Waals surface area contributed by atoms with Gasteiger partial charge in [0.2, 0.25) is 0 Å². The first kappa shape index (κ1) is 9.96. The topological polar surface area (TPSA) is 46.5 Å². The maximum absolute atomic E-state index is 13.5. The Morgan fingerprint density at radius 2 is 2.33 bits per heavy atom. The van der Waals surface area contributed by atoms with Gasteiger partial charge in [-0.25, -0.2) is 4.39 Å². The van der Waals surface area contributed by atoms with Crippen LogP contribution in [0.15, 0.2) is 18.2 Å². The molecule has 1 N–H and O–H groups in total. The Labute approximate surface area is 86.5 Å². The number of carboxylic acid groups (broad SMARTS) is 1. The largest absolute Gasteiger partial charge is 0.492 e. The molecule has 0 aliphatic carbocycles. The first-order chi connectivity index (χ1) is 7.11. The summed E-state index contributed by atoms with van der Waals surface area (Å²) < 4.78 is 18.7. The smallest absolute Gasteiger partial charge is 0.310 e. The predicted molar refractivity (Wildman–Crippen MR) is 51.4 cm³/mol. The van der Waals surface area contributed by atoms with Crippen molar-refractivity contribution in [2.45, 2.75) is 12.8 Å². The molecule has 1 heterocycles. The molecule has 15 heavy (non-hydrogen) atoms. The lowest BCUT2D eigenvalue weighted by Crippen LogP contribution is -2.31. The summed E-state index contributed by atoms with van der Waals surface area (Å²) in [5.74, 6) is -1.91. The first-order valence-electron chi connectivity index (χ1n) is 4.75. The fourth-order valence-corrected chi connectivity index (χ4v) is 1.90. The molecule has 1 aromatic rings.